The van der Waals surface area contributed by atoms with Crippen molar-refractivity contribution < 1.29 is 31.5 Å². The summed E-state index contributed by atoms with van der Waals surface area (Å²) in [6.07, 6.45) is -8.08. The quantitative estimate of drug-likeness (QED) is 0.480. The summed E-state index contributed by atoms with van der Waals surface area (Å²) in [4.78, 5) is 14.1. The van der Waals surface area contributed by atoms with Crippen molar-refractivity contribution in [1.82, 2.24) is 4.98 Å². The van der Waals surface area contributed by atoms with Gasteiger partial charge in [-0.2, -0.15) is 0 Å². The van der Waals surface area contributed by atoms with Crippen LogP contribution < -0.4 is 4.74 Å². The fourth-order valence-corrected chi connectivity index (χ4v) is 1.58. The summed E-state index contributed by atoms with van der Waals surface area (Å²) in [6.45, 7) is 0. The molecule has 1 rings (SSSR count). The van der Waals surface area contributed by atoms with Gasteiger partial charge in [0.25, 0.3) is 6.43 Å². The normalized spacial score (nSPS) is 11.7. The molecule has 0 aliphatic heterocycles. The highest BCUT2D eigenvalue weighted by atomic mass is 79.9. The molecule has 1 aromatic rings. The second-order valence-electron chi connectivity index (χ2n) is 3.01. The van der Waals surface area contributed by atoms with Gasteiger partial charge in [-0.3, -0.25) is 4.79 Å². The molecule has 9 heteroatoms. The third kappa shape index (κ3) is 3.62. The lowest BCUT2D eigenvalue weighted by atomic mass is 10.2. The molecule has 1 aromatic heterocycles. The van der Waals surface area contributed by atoms with Gasteiger partial charge in [0.2, 0.25) is 0 Å². The molecule has 0 bridgehead atoms. The fourth-order valence-electron chi connectivity index (χ4n) is 1.15. The SMILES string of the molecule is O=Cc1c(OC(F)(F)F)cc(C(F)F)nc1CBr. The Morgan fingerprint density at radius 3 is 2.44 bits per heavy atom. The lowest BCUT2D eigenvalue weighted by Gasteiger charge is -2.13. The topological polar surface area (TPSA) is 39.2 Å². The number of pyridine rings is 1. The maximum atomic E-state index is 12.4. The smallest absolute Gasteiger partial charge is 0.405 e. The number of hydrogen-bond donors (Lipinski definition) is 0. The molecule has 0 atom stereocenters. The minimum atomic E-state index is -5.08. The van der Waals surface area contributed by atoms with Crippen LogP contribution in [-0.2, 0) is 5.33 Å². The number of carbonyl (C=O) groups excluding carboxylic acids is 1. The minimum absolute atomic E-state index is 0.0694. The van der Waals surface area contributed by atoms with Gasteiger partial charge in [0, 0.05) is 11.4 Å². The van der Waals surface area contributed by atoms with E-state index < -0.39 is 29.8 Å². The predicted molar refractivity (Wildman–Crippen MR) is 53.9 cm³/mol. The molecule has 3 nitrogen and oxygen atoms in total. The van der Waals surface area contributed by atoms with E-state index in [4.69, 9.17) is 0 Å². The van der Waals surface area contributed by atoms with Crippen molar-refractivity contribution in [2.24, 2.45) is 0 Å². The third-order valence-corrected chi connectivity index (χ3v) is 2.34. The van der Waals surface area contributed by atoms with Crippen molar-refractivity contribution in [3.05, 3.63) is 23.0 Å². The van der Waals surface area contributed by atoms with Gasteiger partial charge in [0.05, 0.1) is 11.3 Å². The average Bonchev–Trinajstić information content (AvgIpc) is 2.25. The molecule has 0 saturated heterocycles. The van der Waals surface area contributed by atoms with E-state index in [2.05, 4.69) is 25.7 Å². The molecule has 0 aliphatic rings. The molecule has 0 spiro atoms. The van der Waals surface area contributed by atoms with Crippen LogP contribution in [0.2, 0.25) is 0 Å². The molecule has 0 aromatic carbocycles. The van der Waals surface area contributed by atoms with Crippen LogP contribution in [0.4, 0.5) is 22.0 Å². The van der Waals surface area contributed by atoms with Gasteiger partial charge in [-0.25, -0.2) is 13.8 Å². The van der Waals surface area contributed by atoms with Crippen LogP contribution in [0.5, 0.6) is 5.75 Å². The molecule has 0 saturated carbocycles. The Morgan fingerprint density at radius 2 is 2.06 bits per heavy atom. The van der Waals surface area contributed by atoms with Crippen molar-refractivity contribution >= 4 is 22.2 Å². The Labute approximate surface area is 106 Å². The largest absolute Gasteiger partial charge is 0.573 e. The molecule has 0 N–H and O–H groups in total. The highest BCUT2D eigenvalue weighted by molar-refractivity contribution is 9.08. The number of nitrogens with zero attached hydrogens (tertiary/aromatic N) is 1. The number of hydrogen-bond acceptors (Lipinski definition) is 3. The van der Waals surface area contributed by atoms with E-state index in [0.717, 1.165) is 0 Å². The second kappa shape index (κ2) is 5.59. The Balaban J connectivity index is 3.35. The highest BCUT2D eigenvalue weighted by Gasteiger charge is 2.33. The number of carbonyl (C=O) groups is 1. The molecule has 0 amide bonds. The minimum Gasteiger partial charge on any atom is -0.405 e. The number of aromatic nitrogens is 1. The van der Waals surface area contributed by atoms with Crippen LogP contribution in [0.3, 0.4) is 0 Å². The fraction of sp³-hybridized carbons (Fsp3) is 0.333. The molecule has 0 radical (unpaired) electrons. The first kappa shape index (κ1) is 14.8. The standard InChI is InChI=1S/C9H5BrF5NO2/c10-2-6-4(3-17)7(18-9(13,14)15)1-5(16-6)8(11)12/h1,3,8H,2H2. The van der Waals surface area contributed by atoms with Crippen molar-refractivity contribution in [3.63, 3.8) is 0 Å². The van der Waals surface area contributed by atoms with Crippen molar-refractivity contribution in [2.75, 3.05) is 0 Å². The van der Waals surface area contributed by atoms with Crippen molar-refractivity contribution in [3.8, 4) is 5.75 Å². The zero-order valence-corrected chi connectivity index (χ0v) is 10.1. The molecule has 18 heavy (non-hydrogen) atoms. The van der Waals surface area contributed by atoms with Crippen LogP contribution >= 0.6 is 15.9 Å². The summed E-state index contributed by atoms with van der Waals surface area (Å²) >= 11 is 2.84. The summed E-state index contributed by atoms with van der Waals surface area (Å²) < 4.78 is 64.6. The van der Waals surface area contributed by atoms with Crippen LogP contribution in [0, 0.1) is 0 Å². The number of halogens is 6. The summed E-state index contributed by atoms with van der Waals surface area (Å²) in [5.74, 6) is -0.989. The summed E-state index contributed by atoms with van der Waals surface area (Å²) in [5, 5.41) is -0.157. The number of ether oxygens (including phenoxy) is 1. The lowest BCUT2D eigenvalue weighted by Crippen LogP contribution is -2.19. The molecule has 1 heterocycles. The van der Waals surface area contributed by atoms with E-state index in [9.17, 15) is 26.7 Å². The zero-order valence-electron chi connectivity index (χ0n) is 8.47. The molecule has 100 valence electrons. The van der Waals surface area contributed by atoms with Crippen LogP contribution in [-0.4, -0.2) is 17.6 Å². The van der Waals surface area contributed by atoms with E-state index in [1.807, 2.05) is 0 Å². The van der Waals surface area contributed by atoms with Gasteiger partial charge >= 0.3 is 6.36 Å². The van der Waals surface area contributed by atoms with Gasteiger partial charge in [-0.05, 0) is 0 Å². The van der Waals surface area contributed by atoms with Gasteiger partial charge in [-0.15, -0.1) is 13.2 Å². The van der Waals surface area contributed by atoms with Gasteiger partial charge in [0.15, 0.2) is 6.29 Å². The molecular formula is C9H5BrF5NO2. The number of alkyl halides is 6. The number of rotatable bonds is 4. The zero-order chi connectivity index (χ0) is 13.9. The average molecular weight is 334 g/mol. The number of aldehydes is 1. The predicted octanol–water partition coefficient (Wildman–Crippen LogP) is 3.63. The van der Waals surface area contributed by atoms with Crippen LogP contribution in [0.25, 0.3) is 0 Å². The van der Waals surface area contributed by atoms with Crippen molar-refractivity contribution in [2.45, 2.75) is 18.1 Å². The second-order valence-corrected chi connectivity index (χ2v) is 3.57. The first-order valence-electron chi connectivity index (χ1n) is 4.37. The van der Waals surface area contributed by atoms with E-state index in [1.54, 1.807) is 0 Å². The van der Waals surface area contributed by atoms with Crippen LogP contribution in [0.15, 0.2) is 6.07 Å². The van der Waals surface area contributed by atoms with Gasteiger partial charge in [0.1, 0.15) is 11.4 Å². The first-order chi connectivity index (χ1) is 8.28. The summed E-state index contributed by atoms with van der Waals surface area (Å²) in [7, 11) is 0. The highest BCUT2D eigenvalue weighted by Crippen LogP contribution is 2.31. The van der Waals surface area contributed by atoms with Gasteiger partial charge < -0.3 is 4.74 Å². The Bertz CT molecular complexity index is 449. The Hall–Kier alpha value is -1.25. The van der Waals surface area contributed by atoms with E-state index in [1.165, 1.54) is 0 Å². The van der Waals surface area contributed by atoms with E-state index in [-0.39, 0.29) is 17.3 Å². The van der Waals surface area contributed by atoms with E-state index in [0.29, 0.717) is 6.07 Å². The summed E-state index contributed by atoms with van der Waals surface area (Å²) in [5.41, 5.74) is -1.66. The third-order valence-electron chi connectivity index (χ3n) is 1.81. The maximum Gasteiger partial charge on any atom is 0.573 e. The monoisotopic (exact) mass is 333 g/mol. The molecule has 0 aliphatic carbocycles. The Kier molecular flexibility index (Phi) is 4.60. The van der Waals surface area contributed by atoms with Crippen LogP contribution in [0.1, 0.15) is 28.2 Å². The van der Waals surface area contributed by atoms with Gasteiger partial charge in [-0.1, -0.05) is 15.9 Å². The summed E-state index contributed by atoms with van der Waals surface area (Å²) in [6, 6.07) is 0.397. The Morgan fingerprint density at radius 1 is 1.44 bits per heavy atom. The molecule has 0 unspecified atom stereocenters. The lowest BCUT2D eigenvalue weighted by molar-refractivity contribution is -0.274. The maximum absolute atomic E-state index is 12.4. The molecular weight excluding hydrogens is 329 g/mol. The van der Waals surface area contributed by atoms with Crippen molar-refractivity contribution in [1.29, 1.82) is 0 Å². The molecule has 0 fully saturated rings. The van der Waals surface area contributed by atoms with E-state index >= 15 is 0 Å². The first-order valence-corrected chi connectivity index (χ1v) is 5.49.